The highest BCUT2D eigenvalue weighted by Crippen LogP contribution is 2.32. The first-order chi connectivity index (χ1) is 4.58. The number of rotatable bonds is 1. The third-order valence-corrected chi connectivity index (χ3v) is 2.87. The molecule has 0 saturated carbocycles. The molecule has 0 radical (unpaired) electrons. The Morgan fingerprint density at radius 1 is 1.70 bits per heavy atom. The van der Waals surface area contributed by atoms with Gasteiger partial charge in [0.15, 0.2) is 0 Å². The Bertz CT molecular complexity index is 124. The van der Waals surface area contributed by atoms with Gasteiger partial charge in [0.25, 0.3) is 0 Å². The van der Waals surface area contributed by atoms with Crippen LogP contribution in [0, 0.1) is 11.3 Å². The maximum atomic E-state index is 5.69. The molecule has 60 valence electrons. The van der Waals surface area contributed by atoms with Crippen LogP contribution in [-0.2, 0) is 0 Å². The predicted octanol–water partition coefficient (Wildman–Crippen LogP) is 0.533. The maximum absolute atomic E-state index is 5.69. The Hall–Kier alpha value is -0.0800. The summed E-state index contributed by atoms with van der Waals surface area (Å²) in [5, 5.41) is 0. The van der Waals surface area contributed by atoms with E-state index in [0.717, 1.165) is 19.0 Å². The lowest BCUT2D eigenvalue weighted by molar-refractivity contribution is 0.274. The molecule has 1 heterocycles. The van der Waals surface area contributed by atoms with Gasteiger partial charge in [0.1, 0.15) is 0 Å². The summed E-state index contributed by atoms with van der Waals surface area (Å²) in [7, 11) is 2.16. The lowest BCUT2D eigenvalue weighted by Crippen LogP contribution is -2.33. The molecule has 1 saturated heterocycles. The van der Waals surface area contributed by atoms with Gasteiger partial charge in [0.2, 0.25) is 0 Å². The van der Waals surface area contributed by atoms with E-state index in [1.807, 2.05) is 0 Å². The minimum atomic E-state index is 0.370. The molecule has 0 bridgehead atoms. The van der Waals surface area contributed by atoms with E-state index in [1.165, 1.54) is 6.54 Å². The van der Waals surface area contributed by atoms with Gasteiger partial charge in [-0.2, -0.15) is 0 Å². The fraction of sp³-hybridized carbons (Fsp3) is 1.00. The smallest absolute Gasteiger partial charge is 0.00475 e. The largest absolute Gasteiger partial charge is 0.330 e. The van der Waals surface area contributed by atoms with Gasteiger partial charge in [-0.25, -0.2) is 0 Å². The fourth-order valence-corrected chi connectivity index (χ4v) is 1.79. The average Bonchev–Trinajstić information content (AvgIpc) is 2.09. The molecule has 0 unspecified atom stereocenters. The minimum absolute atomic E-state index is 0.370. The second kappa shape index (κ2) is 2.51. The molecule has 2 heteroatoms. The van der Waals surface area contributed by atoms with Crippen molar-refractivity contribution in [2.24, 2.45) is 17.1 Å². The molecule has 0 amide bonds. The van der Waals surface area contributed by atoms with Crippen LogP contribution < -0.4 is 5.73 Å². The summed E-state index contributed by atoms with van der Waals surface area (Å²) in [4.78, 5) is 2.36. The number of likely N-dealkylation sites (tertiary alicyclic amines) is 1. The molecule has 1 aliphatic heterocycles. The third kappa shape index (κ3) is 1.18. The molecule has 0 aliphatic carbocycles. The van der Waals surface area contributed by atoms with E-state index in [1.54, 1.807) is 0 Å². The molecule has 0 aromatic heterocycles. The van der Waals surface area contributed by atoms with Gasteiger partial charge >= 0.3 is 0 Å². The zero-order valence-corrected chi connectivity index (χ0v) is 7.22. The van der Waals surface area contributed by atoms with Gasteiger partial charge in [0.05, 0.1) is 0 Å². The van der Waals surface area contributed by atoms with Crippen molar-refractivity contribution in [2.45, 2.75) is 13.8 Å². The van der Waals surface area contributed by atoms with Crippen molar-refractivity contribution in [3.05, 3.63) is 0 Å². The predicted molar refractivity (Wildman–Crippen MR) is 43.8 cm³/mol. The van der Waals surface area contributed by atoms with Gasteiger partial charge in [-0.3, -0.25) is 0 Å². The van der Waals surface area contributed by atoms with Crippen molar-refractivity contribution < 1.29 is 0 Å². The monoisotopic (exact) mass is 142 g/mol. The Kier molecular flexibility index (Phi) is 2.02. The van der Waals surface area contributed by atoms with Crippen molar-refractivity contribution in [3.63, 3.8) is 0 Å². The first-order valence-electron chi connectivity index (χ1n) is 3.97. The van der Waals surface area contributed by atoms with Crippen molar-refractivity contribution in [1.82, 2.24) is 4.90 Å². The van der Waals surface area contributed by atoms with Gasteiger partial charge in [-0.15, -0.1) is 0 Å². The molecule has 1 fully saturated rings. The van der Waals surface area contributed by atoms with Gasteiger partial charge < -0.3 is 10.6 Å². The Labute approximate surface area is 63.4 Å². The van der Waals surface area contributed by atoms with Crippen molar-refractivity contribution in [2.75, 3.05) is 26.7 Å². The molecule has 10 heavy (non-hydrogen) atoms. The average molecular weight is 142 g/mol. The molecular weight excluding hydrogens is 124 g/mol. The molecule has 0 aromatic rings. The van der Waals surface area contributed by atoms with Crippen LogP contribution in [0.1, 0.15) is 13.8 Å². The molecule has 2 N–H and O–H groups in total. The second-order valence-electron chi connectivity index (χ2n) is 3.96. The summed E-state index contributed by atoms with van der Waals surface area (Å²) in [5.41, 5.74) is 6.06. The SMILES string of the molecule is C[C@H]1CN(C)C[C@]1(C)CN. The standard InChI is InChI=1S/C8H18N2/c1-7-4-10(3)6-8(7,2)5-9/h7H,4-6,9H2,1-3H3/t7-,8-/m0/s1. The number of nitrogens with two attached hydrogens (primary N) is 1. The molecule has 2 nitrogen and oxygen atoms in total. The van der Waals surface area contributed by atoms with E-state index < -0.39 is 0 Å². The van der Waals surface area contributed by atoms with Crippen LogP contribution in [0.25, 0.3) is 0 Å². The van der Waals surface area contributed by atoms with Gasteiger partial charge in [0, 0.05) is 13.1 Å². The number of hydrogen-bond donors (Lipinski definition) is 1. The topological polar surface area (TPSA) is 29.3 Å². The van der Waals surface area contributed by atoms with Crippen LogP contribution in [0.15, 0.2) is 0 Å². The van der Waals surface area contributed by atoms with E-state index in [0.29, 0.717) is 5.41 Å². The summed E-state index contributed by atoms with van der Waals surface area (Å²) in [6, 6.07) is 0. The van der Waals surface area contributed by atoms with E-state index in [2.05, 4.69) is 25.8 Å². The quantitative estimate of drug-likeness (QED) is 0.579. The summed E-state index contributed by atoms with van der Waals surface area (Å²) >= 11 is 0. The number of hydrogen-bond acceptors (Lipinski definition) is 2. The lowest BCUT2D eigenvalue weighted by Gasteiger charge is -2.25. The van der Waals surface area contributed by atoms with Crippen molar-refractivity contribution >= 4 is 0 Å². The van der Waals surface area contributed by atoms with Crippen molar-refractivity contribution in [1.29, 1.82) is 0 Å². The molecule has 1 rings (SSSR count). The summed E-state index contributed by atoms with van der Waals surface area (Å²) in [6.07, 6.45) is 0. The van der Waals surface area contributed by atoms with Crippen molar-refractivity contribution in [3.8, 4) is 0 Å². The summed E-state index contributed by atoms with van der Waals surface area (Å²) in [6.45, 7) is 7.74. The second-order valence-corrected chi connectivity index (χ2v) is 3.96. The highest BCUT2D eigenvalue weighted by Gasteiger charge is 2.37. The van der Waals surface area contributed by atoms with Crippen LogP contribution in [0.4, 0.5) is 0 Å². The minimum Gasteiger partial charge on any atom is -0.330 e. The van der Waals surface area contributed by atoms with Crippen LogP contribution in [-0.4, -0.2) is 31.6 Å². The Morgan fingerprint density at radius 3 is 2.50 bits per heavy atom. The lowest BCUT2D eigenvalue weighted by atomic mass is 9.81. The zero-order chi connectivity index (χ0) is 7.78. The molecular formula is C8H18N2. The highest BCUT2D eigenvalue weighted by molar-refractivity contribution is 4.90. The van der Waals surface area contributed by atoms with Crippen LogP contribution in [0.3, 0.4) is 0 Å². The van der Waals surface area contributed by atoms with Crippen LogP contribution in [0.5, 0.6) is 0 Å². The Balaban J connectivity index is 2.61. The summed E-state index contributed by atoms with van der Waals surface area (Å²) < 4.78 is 0. The van der Waals surface area contributed by atoms with Gasteiger partial charge in [-0.05, 0) is 24.9 Å². The highest BCUT2D eigenvalue weighted by atomic mass is 15.1. The molecule has 0 spiro atoms. The van der Waals surface area contributed by atoms with Gasteiger partial charge in [-0.1, -0.05) is 13.8 Å². The maximum Gasteiger partial charge on any atom is 0.00475 e. The molecule has 1 aliphatic rings. The molecule has 2 atom stereocenters. The van der Waals surface area contributed by atoms with E-state index in [4.69, 9.17) is 5.73 Å². The van der Waals surface area contributed by atoms with Crippen LogP contribution in [0.2, 0.25) is 0 Å². The third-order valence-electron chi connectivity index (χ3n) is 2.87. The first-order valence-corrected chi connectivity index (χ1v) is 3.97. The van der Waals surface area contributed by atoms with E-state index in [-0.39, 0.29) is 0 Å². The zero-order valence-electron chi connectivity index (χ0n) is 7.22. The van der Waals surface area contributed by atoms with E-state index >= 15 is 0 Å². The Morgan fingerprint density at radius 2 is 2.30 bits per heavy atom. The van der Waals surface area contributed by atoms with E-state index in [9.17, 15) is 0 Å². The molecule has 0 aromatic carbocycles. The normalized spacial score (nSPS) is 42.6. The summed E-state index contributed by atoms with van der Waals surface area (Å²) in [5.74, 6) is 0.752. The fourth-order valence-electron chi connectivity index (χ4n) is 1.79. The number of nitrogens with zero attached hydrogens (tertiary/aromatic N) is 1. The first kappa shape index (κ1) is 8.02. The van der Waals surface area contributed by atoms with Crippen LogP contribution >= 0.6 is 0 Å².